The van der Waals surface area contributed by atoms with Crippen LogP contribution in [-0.2, 0) is 0 Å². The molecule has 1 N–H and O–H groups in total. The molecule has 0 amide bonds. The summed E-state index contributed by atoms with van der Waals surface area (Å²) in [6.45, 7) is 0. The summed E-state index contributed by atoms with van der Waals surface area (Å²) in [7, 11) is 1.61. The molecule has 5 nitrogen and oxygen atoms in total. The summed E-state index contributed by atoms with van der Waals surface area (Å²) < 4.78 is 6.12. The minimum absolute atomic E-state index is 0.240. The number of nitriles is 1. The average molecular weight is 413 g/mol. The fraction of sp³-hybridized carbons (Fsp3) is 0.0556. The van der Waals surface area contributed by atoms with Crippen LogP contribution in [0.4, 0.5) is 5.69 Å². The minimum Gasteiger partial charge on any atom is -0.497 e. The van der Waals surface area contributed by atoms with E-state index in [0.717, 1.165) is 27.2 Å². The number of rotatable bonds is 5. The summed E-state index contributed by atoms with van der Waals surface area (Å²) in [5.41, 5.74) is 5.69. The Labute approximate surface area is 157 Å². The monoisotopic (exact) mass is 412 g/mol. The quantitative estimate of drug-likeness (QED) is 0.476. The Hall–Kier alpha value is -2.69. The first-order valence-electron chi connectivity index (χ1n) is 7.29. The number of nitrogens with zero attached hydrogens (tertiary/aromatic N) is 3. The maximum Gasteiger partial charge on any atom is 0.196 e. The molecule has 0 unspecified atom stereocenters. The average Bonchev–Trinajstić information content (AvgIpc) is 3.13. The van der Waals surface area contributed by atoms with Gasteiger partial charge >= 0.3 is 0 Å². The largest absolute Gasteiger partial charge is 0.497 e. The van der Waals surface area contributed by atoms with Crippen LogP contribution < -0.4 is 10.2 Å². The maximum absolute atomic E-state index is 9.38. The SMILES string of the molecule is COc1ccc(N/N=C(\C#N)c2nc(-c3ccc(Br)cc3)cs2)cc1. The number of halogens is 1. The van der Waals surface area contributed by atoms with E-state index in [1.807, 2.05) is 53.9 Å². The number of nitrogens with one attached hydrogen (secondary N) is 1. The highest BCUT2D eigenvalue weighted by molar-refractivity contribution is 9.10. The second-order valence-corrected chi connectivity index (χ2v) is 6.73. The summed E-state index contributed by atoms with van der Waals surface area (Å²) in [6, 6.07) is 17.2. The number of methoxy groups -OCH3 is 1. The standard InChI is InChI=1S/C18H13BrN4OS/c1-24-15-8-6-14(7-9-15)22-23-16(10-20)18-21-17(11-25-18)12-2-4-13(19)5-3-12/h2-9,11,22H,1H3/b23-16+. The molecule has 0 saturated heterocycles. The van der Waals surface area contributed by atoms with Crippen LogP contribution in [0.5, 0.6) is 5.75 Å². The summed E-state index contributed by atoms with van der Waals surface area (Å²) in [5, 5.41) is 16.0. The van der Waals surface area contributed by atoms with Crippen molar-refractivity contribution in [1.29, 1.82) is 5.26 Å². The van der Waals surface area contributed by atoms with E-state index in [1.54, 1.807) is 7.11 Å². The van der Waals surface area contributed by atoms with Gasteiger partial charge in [-0.05, 0) is 36.4 Å². The van der Waals surface area contributed by atoms with Gasteiger partial charge in [-0.25, -0.2) is 4.98 Å². The van der Waals surface area contributed by atoms with Crippen molar-refractivity contribution in [3.8, 4) is 23.1 Å². The van der Waals surface area contributed by atoms with Crippen molar-refractivity contribution in [2.75, 3.05) is 12.5 Å². The van der Waals surface area contributed by atoms with Crippen molar-refractivity contribution in [1.82, 2.24) is 4.98 Å². The molecule has 0 atom stereocenters. The molecule has 0 aliphatic heterocycles. The Morgan fingerprint density at radius 1 is 1.20 bits per heavy atom. The van der Waals surface area contributed by atoms with Crippen LogP contribution in [0.3, 0.4) is 0 Å². The molecule has 0 bridgehead atoms. The Morgan fingerprint density at radius 2 is 1.92 bits per heavy atom. The number of thiazole rings is 1. The highest BCUT2D eigenvalue weighted by atomic mass is 79.9. The van der Waals surface area contributed by atoms with Crippen LogP contribution in [-0.4, -0.2) is 17.8 Å². The Bertz CT molecular complexity index is 927. The van der Waals surface area contributed by atoms with Gasteiger partial charge < -0.3 is 4.74 Å². The number of anilines is 1. The van der Waals surface area contributed by atoms with E-state index in [-0.39, 0.29) is 5.71 Å². The molecule has 2 aromatic carbocycles. The van der Waals surface area contributed by atoms with Gasteiger partial charge in [-0.15, -0.1) is 11.3 Å². The van der Waals surface area contributed by atoms with Gasteiger partial charge in [0.25, 0.3) is 0 Å². The lowest BCUT2D eigenvalue weighted by atomic mass is 10.2. The summed E-state index contributed by atoms with van der Waals surface area (Å²) in [5.74, 6) is 0.758. The number of ether oxygens (including phenoxy) is 1. The Kier molecular flexibility index (Phi) is 5.43. The molecule has 0 fully saturated rings. The zero-order valence-electron chi connectivity index (χ0n) is 13.2. The van der Waals surface area contributed by atoms with Gasteiger partial charge in [0.2, 0.25) is 0 Å². The van der Waals surface area contributed by atoms with Crippen molar-refractivity contribution in [3.63, 3.8) is 0 Å². The molecule has 0 radical (unpaired) electrons. The van der Waals surface area contributed by atoms with Crippen molar-refractivity contribution >= 4 is 38.7 Å². The third-order valence-electron chi connectivity index (χ3n) is 3.34. The normalized spacial score (nSPS) is 11.0. The second kappa shape index (κ2) is 7.92. The molecule has 0 aliphatic rings. The molecule has 3 aromatic rings. The first kappa shape index (κ1) is 17.1. The third kappa shape index (κ3) is 4.24. The van der Waals surface area contributed by atoms with E-state index in [1.165, 1.54) is 11.3 Å². The zero-order chi connectivity index (χ0) is 17.6. The van der Waals surface area contributed by atoms with Crippen molar-refractivity contribution < 1.29 is 4.74 Å². The molecule has 0 aliphatic carbocycles. The summed E-state index contributed by atoms with van der Waals surface area (Å²) in [4.78, 5) is 4.51. The molecular weight excluding hydrogens is 400 g/mol. The smallest absolute Gasteiger partial charge is 0.196 e. The fourth-order valence-electron chi connectivity index (χ4n) is 2.04. The second-order valence-electron chi connectivity index (χ2n) is 4.96. The van der Waals surface area contributed by atoms with Crippen LogP contribution in [0, 0.1) is 11.3 Å². The number of hydrogen-bond donors (Lipinski definition) is 1. The molecule has 25 heavy (non-hydrogen) atoms. The predicted octanol–water partition coefficient (Wildman–Crippen LogP) is 4.92. The van der Waals surface area contributed by atoms with Gasteiger partial charge in [0, 0.05) is 15.4 Å². The molecule has 0 saturated carbocycles. The maximum atomic E-state index is 9.38. The van der Waals surface area contributed by atoms with E-state index >= 15 is 0 Å². The van der Waals surface area contributed by atoms with Crippen LogP contribution in [0.25, 0.3) is 11.3 Å². The highest BCUT2D eigenvalue weighted by Gasteiger charge is 2.10. The number of hydrogen-bond acceptors (Lipinski definition) is 6. The van der Waals surface area contributed by atoms with Gasteiger partial charge in [-0.2, -0.15) is 10.4 Å². The molecule has 1 heterocycles. The lowest BCUT2D eigenvalue weighted by molar-refractivity contribution is 0.415. The topological polar surface area (TPSA) is 70.3 Å². The van der Waals surface area contributed by atoms with Crippen LogP contribution in [0.1, 0.15) is 5.01 Å². The van der Waals surface area contributed by atoms with Gasteiger partial charge in [0.05, 0.1) is 18.5 Å². The first-order chi connectivity index (χ1) is 12.2. The van der Waals surface area contributed by atoms with Gasteiger partial charge in [0.15, 0.2) is 10.7 Å². The zero-order valence-corrected chi connectivity index (χ0v) is 15.6. The summed E-state index contributed by atoms with van der Waals surface area (Å²) in [6.07, 6.45) is 0. The van der Waals surface area contributed by atoms with E-state index in [4.69, 9.17) is 4.74 Å². The van der Waals surface area contributed by atoms with Crippen molar-refractivity contribution in [2.45, 2.75) is 0 Å². The van der Waals surface area contributed by atoms with Gasteiger partial charge in [0.1, 0.15) is 11.8 Å². The highest BCUT2D eigenvalue weighted by Crippen LogP contribution is 2.24. The molecule has 1 aromatic heterocycles. The van der Waals surface area contributed by atoms with E-state index < -0.39 is 0 Å². The minimum atomic E-state index is 0.240. The molecule has 3 rings (SSSR count). The molecule has 0 spiro atoms. The van der Waals surface area contributed by atoms with Gasteiger partial charge in [-0.3, -0.25) is 5.43 Å². The Morgan fingerprint density at radius 3 is 2.56 bits per heavy atom. The number of benzene rings is 2. The first-order valence-corrected chi connectivity index (χ1v) is 8.96. The lowest BCUT2D eigenvalue weighted by Gasteiger charge is -2.02. The van der Waals surface area contributed by atoms with Crippen LogP contribution >= 0.6 is 27.3 Å². The number of hydrazone groups is 1. The molecule has 7 heteroatoms. The fourth-order valence-corrected chi connectivity index (χ4v) is 3.07. The van der Waals surface area contributed by atoms with Crippen molar-refractivity contribution in [3.05, 3.63) is 63.4 Å². The predicted molar refractivity (Wildman–Crippen MR) is 104 cm³/mol. The van der Waals surface area contributed by atoms with E-state index in [0.29, 0.717) is 5.01 Å². The molecule has 124 valence electrons. The van der Waals surface area contributed by atoms with E-state index in [2.05, 4.69) is 37.5 Å². The summed E-state index contributed by atoms with van der Waals surface area (Å²) >= 11 is 4.80. The van der Waals surface area contributed by atoms with Crippen LogP contribution in [0.15, 0.2) is 63.5 Å². The lowest BCUT2D eigenvalue weighted by Crippen LogP contribution is -2.01. The Balaban J connectivity index is 1.78. The van der Waals surface area contributed by atoms with Gasteiger partial charge in [-0.1, -0.05) is 28.1 Å². The van der Waals surface area contributed by atoms with Crippen molar-refractivity contribution in [2.24, 2.45) is 5.10 Å². The number of aromatic nitrogens is 1. The third-order valence-corrected chi connectivity index (χ3v) is 4.72. The van der Waals surface area contributed by atoms with E-state index in [9.17, 15) is 5.26 Å². The molecular formula is C18H13BrN4OS. The van der Waals surface area contributed by atoms with Crippen LogP contribution in [0.2, 0.25) is 0 Å².